The molecule has 2 aromatic heterocycles. The summed E-state index contributed by atoms with van der Waals surface area (Å²) >= 11 is 5.94. The van der Waals surface area contributed by atoms with Crippen LogP contribution in [0, 0.1) is 6.92 Å². The number of imidazole rings is 1. The van der Waals surface area contributed by atoms with Gasteiger partial charge >= 0.3 is 0 Å². The van der Waals surface area contributed by atoms with Crippen molar-refractivity contribution in [2.24, 2.45) is 0 Å². The quantitative estimate of drug-likeness (QED) is 0.614. The van der Waals surface area contributed by atoms with E-state index >= 15 is 0 Å². The van der Waals surface area contributed by atoms with Crippen LogP contribution in [0.15, 0.2) is 42.9 Å². The van der Waals surface area contributed by atoms with E-state index in [1.165, 1.54) is 0 Å². The van der Waals surface area contributed by atoms with Crippen LogP contribution < -0.4 is 0 Å². The molecule has 4 heteroatoms. The second kappa shape index (κ2) is 3.86. The molecular weight excluding hydrogens is 234 g/mol. The molecule has 0 saturated carbocycles. The van der Waals surface area contributed by atoms with Crippen LogP contribution in [-0.4, -0.2) is 14.5 Å². The molecule has 17 heavy (non-hydrogen) atoms. The fraction of sp³-hybridized carbons (Fsp3) is 0.0769. The van der Waals surface area contributed by atoms with Gasteiger partial charge in [-0.05, 0) is 30.7 Å². The summed E-state index contributed by atoms with van der Waals surface area (Å²) in [5, 5.41) is 0.489. The van der Waals surface area contributed by atoms with Gasteiger partial charge in [-0.1, -0.05) is 23.7 Å². The molecular formula is C13H10ClN3. The Bertz CT molecular complexity index is 688. The Hall–Kier alpha value is -1.87. The Kier molecular flexibility index (Phi) is 2.34. The second-order valence-electron chi connectivity index (χ2n) is 3.90. The minimum atomic E-state index is 0.489. The maximum absolute atomic E-state index is 5.94. The van der Waals surface area contributed by atoms with Gasteiger partial charge in [0.05, 0.1) is 16.7 Å². The molecule has 0 saturated heterocycles. The molecule has 0 bridgehead atoms. The molecule has 0 aliphatic carbocycles. The molecule has 0 spiro atoms. The number of para-hydroxylation sites is 2. The number of nitrogens with zero attached hydrogens (tertiary/aromatic N) is 3. The number of pyridine rings is 1. The maximum atomic E-state index is 5.94. The summed E-state index contributed by atoms with van der Waals surface area (Å²) in [6.07, 6.45) is 3.58. The van der Waals surface area contributed by atoms with Crippen LogP contribution in [-0.2, 0) is 0 Å². The lowest BCUT2D eigenvalue weighted by Crippen LogP contribution is -1.96. The molecule has 0 radical (unpaired) electrons. The number of hydrogen-bond donors (Lipinski definition) is 0. The Morgan fingerprint density at radius 1 is 1.18 bits per heavy atom. The molecule has 0 amide bonds. The fourth-order valence-electron chi connectivity index (χ4n) is 1.90. The maximum Gasteiger partial charge on any atom is 0.131 e. The van der Waals surface area contributed by atoms with E-state index < -0.39 is 0 Å². The van der Waals surface area contributed by atoms with Gasteiger partial charge in [0.15, 0.2) is 0 Å². The van der Waals surface area contributed by atoms with Gasteiger partial charge in [0.25, 0.3) is 0 Å². The Balaban J connectivity index is 2.31. The first-order valence-corrected chi connectivity index (χ1v) is 5.68. The van der Waals surface area contributed by atoms with Crippen molar-refractivity contribution in [1.29, 1.82) is 0 Å². The summed E-state index contributed by atoms with van der Waals surface area (Å²) in [5.74, 6) is 0. The largest absolute Gasteiger partial charge is 0.298 e. The lowest BCUT2D eigenvalue weighted by Gasteiger charge is -2.07. The zero-order chi connectivity index (χ0) is 11.8. The summed E-state index contributed by atoms with van der Waals surface area (Å²) in [6, 6.07) is 9.86. The van der Waals surface area contributed by atoms with Crippen molar-refractivity contribution >= 4 is 22.6 Å². The van der Waals surface area contributed by atoms with E-state index in [4.69, 9.17) is 11.6 Å². The summed E-state index contributed by atoms with van der Waals surface area (Å²) in [7, 11) is 0. The highest BCUT2D eigenvalue weighted by atomic mass is 35.5. The first-order chi connectivity index (χ1) is 8.25. The molecule has 1 aromatic carbocycles. The molecule has 0 aliphatic rings. The van der Waals surface area contributed by atoms with E-state index in [0.717, 1.165) is 22.3 Å². The summed E-state index contributed by atoms with van der Waals surface area (Å²) in [5.41, 5.74) is 4.12. The third kappa shape index (κ3) is 1.68. The summed E-state index contributed by atoms with van der Waals surface area (Å²) < 4.78 is 2.03. The van der Waals surface area contributed by atoms with Crippen LogP contribution in [0.1, 0.15) is 5.56 Å². The Morgan fingerprint density at radius 3 is 2.88 bits per heavy atom. The van der Waals surface area contributed by atoms with Crippen LogP contribution in [0.4, 0.5) is 0 Å². The van der Waals surface area contributed by atoms with Crippen molar-refractivity contribution in [2.75, 3.05) is 0 Å². The topological polar surface area (TPSA) is 30.7 Å². The molecule has 3 rings (SSSR count). The van der Waals surface area contributed by atoms with E-state index in [-0.39, 0.29) is 0 Å². The van der Waals surface area contributed by atoms with E-state index in [1.807, 2.05) is 48.1 Å². The van der Waals surface area contributed by atoms with Crippen LogP contribution in [0.25, 0.3) is 16.7 Å². The molecule has 0 unspecified atom stereocenters. The minimum absolute atomic E-state index is 0.489. The number of benzene rings is 1. The molecule has 0 atom stereocenters. The highest BCUT2D eigenvalue weighted by Gasteiger charge is 2.07. The zero-order valence-electron chi connectivity index (χ0n) is 9.26. The van der Waals surface area contributed by atoms with E-state index in [0.29, 0.717) is 5.15 Å². The number of aryl methyl sites for hydroxylation is 1. The monoisotopic (exact) mass is 243 g/mol. The van der Waals surface area contributed by atoms with Crippen molar-refractivity contribution in [3.8, 4) is 5.69 Å². The molecule has 0 N–H and O–H groups in total. The summed E-state index contributed by atoms with van der Waals surface area (Å²) in [4.78, 5) is 8.43. The van der Waals surface area contributed by atoms with Crippen molar-refractivity contribution in [3.05, 3.63) is 53.6 Å². The minimum Gasteiger partial charge on any atom is -0.298 e. The van der Waals surface area contributed by atoms with Crippen molar-refractivity contribution < 1.29 is 0 Å². The third-order valence-electron chi connectivity index (χ3n) is 2.75. The Labute approximate surface area is 104 Å². The Morgan fingerprint density at radius 2 is 2.00 bits per heavy atom. The third-order valence-corrected chi connectivity index (χ3v) is 2.96. The standard InChI is InChI=1S/C13H10ClN3/c1-9-7-15-13(14)6-12(9)17-8-16-10-4-2-3-5-11(10)17/h2-8H,1H3. The van der Waals surface area contributed by atoms with Gasteiger partial charge in [-0.3, -0.25) is 4.57 Å². The average molecular weight is 244 g/mol. The normalized spacial score (nSPS) is 10.9. The van der Waals surface area contributed by atoms with Gasteiger partial charge < -0.3 is 0 Å². The van der Waals surface area contributed by atoms with Crippen LogP contribution in [0.5, 0.6) is 0 Å². The van der Waals surface area contributed by atoms with Crippen molar-refractivity contribution in [2.45, 2.75) is 6.92 Å². The number of halogens is 1. The lowest BCUT2D eigenvalue weighted by atomic mass is 10.2. The molecule has 0 fully saturated rings. The summed E-state index contributed by atoms with van der Waals surface area (Å²) in [6.45, 7) is 2.01. The van der Waals surface area contributed by atoms with E-state index in [1.54, 1.807) is 6.20 Å². The molecule has 84 valence electrons. The number of rotatable bonds is 1. The van der Waals surface area contributed by atoms with Crippen LogP contribution in [0.3, 0.4) is 0 Å². The molecule has 0 aliphatic heterocycles. The highest BCUT2D eigenvalue weighted by molar-refractivity contribution is 6.29. The van der Waals surface area contributed by atoms with Gasteiger partial charge in [-0.15, -0.1) is 0 Å². The predicted molar refractivity (Wildman–Crippen MR) is 68.6 cm³/mol. The van der Waals surface area contributed by atoms with Crippen LogP contribution in [0.2, 0.25) is 5.15 Å². The number of aromatic nitrogens is 3. The average Bonchev–Trinajstić information content (AvgIpc) is 2.76. The fourth-order valence-corrected chi connectivity index (χ4v) is 2.05. The van der Waals surface area contributed by atoms with E-state index in [2.05, 4.69) is 9.97 Å². The van der Waals surface area contributed by atoms with Gasteiger partial charge in [-0.2, -0.15) is 0 Å². The molecule has 3 aromatic rings. The van der Waals surface area contributed by atoms with Gasteiger partial charge in [-0.25, -0.2) is 9.97 Å². The first-order valence-electron chi connectivity index (χ1n) is 5.30. The van der Waals surface area contributed by atoms with Crippen LogP contribution >= 0.6 is 11.6 Å². The lowest BCUT2D eigenvalue weighted by molar-refractivity contribution is 1.06. The number of hydrogen-bond acceptors (Lipinski definition) is 2. The van der Waals surface area contributed by atoms with Crippen molar-refractivity contribution in [3.63, 3.8) is 0 Å². The SMILES string of the molecule is Cc1cnc(Cl)cc1-n1cnc2ccccc21. The smallest absolute Gasteiger partial charge is 0.131 e. The highest BCUT2D eigenvalue weighted by Crippen LogP contribution is 2.22. The first kappa shape index (κ1) is 10.3. The second-order valence-corrected chi connectivity index (χ2v) is 4.28. The van der Waals surface area contributed by atoms with Crippen molar-refractivity contribution in [1.82, 2.24) is 14.5 Å². The number of fused-ring (bicyclic) bond motifs is 1. The molecule has 2 heterocycles. The van der Waals surface area contributed by atoms with Gasteiger partial charge in [0.1, 0.15) is 11.5 Å². The van der Waals surface area contributed by atoms with Gasteiger partial charge in [0.2, 0.25) is 0 Å². The van der Waals surface area contributed by atoms with Gasteiger partial charge in [0, 0.05) is 6.20 Å². The zero-order valence-corrected chi connectivity index (χ0v) is 10.0. The van der Waals surface area contributed by atoms with E-state index in [9.17, 15) is 0 Å². The molecule has 3 nitrogen and oxygen atoms in total. The predicted octanol–water partition coefficient (Wildman–Crippen LogP) is 3.38.